The molecule has 0 spiro atoms. The van der Waals surface area contributed by atoms with Gasteiger partial charge in [-0.3, -0.25) is 4.90 Å². The van der Waals surface area contributed by atoms with Crippen molar-refractivity contribution >= 4 is 17.4 Å². The van der Waals surface area contributed by atoms with E-state index in [1.807, 2.05) is 12.1 Å². The Morgan fingerprint density at radius 3 is 2.82 bits per heavy atom. The van der Waals surface area contributed by atoms with Crippen LogP contribution in [0.4, 0.5) is 5.82 Å². The molecule has 2 rings (SSSR count). The quantitative estimate of drug-likeness (QED) is 0.874. The van der Waals surface area contributed by atoms with Crippen LogP contribution in [0.25, 0.3) is 0 Å². The molecule has 1 N–H and O–H groups in total. The van der Waals surface area contributed by atoms with Crippen LogP contribution in [0.1, 0.15) is 31.9 Å². The number of halogens is 1. The van der Waals surface area contributed by atoms with E-state index in [0.29, 0.717) is 0 Å². The van der Waals surface area contributed by atoms with E-state index in [2.05, 4.69) is 29.2 Å². The maximum Gasteiger partial charge on any atom is 0.126 e. The molecule has 1 aliphatic carbocycles. The number of nitrogens with one attached hydrogen (secondary N) is 1. The number of pyridine rings is 1. The first kappa shape index (κ1) is 12.7. The molecule has 94 valence electrons. The molecule has 1 heterocycles. The van der Waals surface area contributed by atoms with Crippen molar-refractivity contribution in [2.75, 3.05) is 18.9 Å². The molecule has 0 aromatic carbocycles. The molecule has 0 saturated heterocycles. The molecule has 1 saturated carbocycles. The van der Waals surface area contributed by atoms with Crippen LogP contribution in [0.5, 0.6) is 0 Å². The fourth-order valence-electron chi connectivity index (χ4n) is 2.07. The lowest BCUT2D eigenvalue weighted by atomic mass is 9.92. The minimum absolute atomic E-state index is 0.718. The number of anilines is 1. The van der Waals surface area contributed by atoms with Gasteiger partial charge in [0.15, 0.2) is 0 Å². The Morgan fingerprint density at radius 1 is 1.47 bits per heavy atom. The zero-order valence-electron chi connectivity index (χ0n) is 10.5. The van der Waals surface area contributed by atoms with Crippen molar-refractivity contribution in [1.29, 1.82) is 0 Å². The molecular formula is C13H20ClN3. The lowest BCUT2D eigenvalue weighted by Gasteiger charge is -2.34. The second-order valence-corrected chi connectivity index (χ2v) is 5.06. The Kier molecular flexibility index (Phi) is 4.24. The summed E-state index contributed by atoms with van der Waals surface area (Å²) in [7, 11) is 2.15. The summed E-state index contributed by atoms with van der Waals surface area (Å²) in [6, 6.07) is 4.57. The van der Waals surface area contributed by atoms with Crippen LogP contribution in [0.15, 0.2) is 12.1 Å². The van der Waals surface area contributed by atoms with Gasteiger partial charge in [-0.15, -0.1) is 0 Å². The SMILES string of the molecule is CCNc1ccc(Cl)c(CN(C)C2CCC2)n1. The van der Waals surface area contributed by atoms with Crippen LogP contribution >= 0.6 is 11.6 Å². The van der Waals surface area contributed by atoms with Gasteiger partial charge >= 0.3 is 0 Å². The molecule has 0 atom stereocenters. The van der Waals surface area contributed by atoms with E-state index in [1.54, 1.807) is 0 Å². The smallest absolute Gasteiger partial charge is 0.126 e. The van der Waals surface area contributed by atoms with Crippen LogP contribution in [0.2, 0.25) is 5.02 Å². The third-order valence-electron chi connectivity index (χ3n) is 3.37. The highest BCUT2D eigenvalue weighted by molar-refractivity contribution is 6.31. The number of hydrogen-bond donors (Lipinski definition) is 1. The number of nitrogens with zero attached hydrogens (tertiary/aromatic N) is 2. The summed E-state index contributed by atoms with van der Waals surface area (Å²) >= 11 is 6.19. The molecule has 3 nitrogen and oxygen atoms in total. The van der Waals surface area contributed by atoms with Crippen molar-refractivity contribution in [2.24, 2.45) is 0 Å². The van der Waals surface area contributed by atoms with Gasteiger partial charge in [-0.1, -0.05) is 18.0 Å². The first-order chi connectivity index (χ1) is 8.20. The summed E-state index contributed by atoms with van der Waals surface area (Å²) in [5, 5.41) is 3.98. The molecule has 0 amide bonds. The molecule has 0 bridgehead atoms. The van der Waals surface area contributed by atoms with E-state index in [-0.39, 0.29) is 0 Å². The summed E-state index contributed by atoms with van der Waals surface area (Å²) in [5.41, 5.74) is 0.972. The van der Waals surface area contributed by atoms with E-state index < -0.39 is 0 Å². The molecule has 1 aromatic heterocycles. The summed E-state index contributed by atoms with van der Waals surface area (Å²) in [4.78, 5) is 6.91. The maximum absolute atomic E-state index is 6.19. The van der Waals surface area contributed by atoms with Crippen molar-refractivity contribution in [3.63, 3.8) is 0 Å². The van der Waals surface area contributed by atoms with E-state index in [9.17, 15) is 0 Å². The Bertz CT molecular complexity index is 377. The van der Waals surface area contributed by atoms with Gasteiger partial charge in [0.1, 0.15) is 5.82 Å². The molecule has 1 aromatic rings. The topological polar surface area (TPSA) is 28.2 Å². The average molecular weight is 254 g/mol. The van der Waals surface area contributed by atoms with E-state index >= 15 is 0 Å². The van der Waals surface area contributed by atoms with Gasteiger partial charge in [-0.05, 0) is 38.9 Å². The molecule has 0 radical (unpaired) electrons. The second kappa shape index (κ2) is 5.69. The monoisotopic (exact) mass is 253 g/mol. The minimum atomic E-state index is 0.718. The highest BCUT2D eigenvalue weighted by Crippen LogP contribution is 2.26. The van der Waals surface area contributed by atoms with Crippen molar-refractivity contribution in [1.82, 2.24) is 9.88 Å². The van der Waals surface area contributed by atoms with E-state index in [4.69, 9.17) is 11.6 Å². The summed E-state index contributed by atoms with van der Waals surface area (Å²) in [5.74, 6) is 0.911. The molecule has 1 aliphatic rings. The Labute approximate surface area is 108 Å². The third kappa shape index (κ3) is 3.11. The lowest BCUT2D eigenvalue weighted by Crippen LogP contribution is -2.36. The first-order valence-electron chi connectivity index (χ1n) is 6.30. The Morgan fingerprint density at radius 2 is 2.24 bits per heavy atom. The second-order valence-electron chi connectivity index (χ2n) is 4.66. The van der Waals surface area contributed by atoms with Gasteiger partial charge in [0.2, 0.25) is 0 Å². The Hall–Kier alpha value is -0.800. The van der Waals surface area contributed by atoms with Crippen LogP contribution in [0, 0.1) is 0 Å². The molecule has 17 heavy (non-hydrogen) atoms. The van der Waals surface area contributed by atoms with Gasteiger partial charge in [0, 0.05) is 19.1 Å². The van der Waals surface area contributed by atoms with Crippen molar-refractivity contribution < 1.29 is 0 Å². The number of hydrogen-bond acceptors (Lipinski definition) is 3. The molecule has 1 fully saturated rings. The number of rotatable bonds is 5. The van der Waals surface area contributed by atoms with Gasteiger partial charge in [-0.2, -0.15) is 0 Å². The highest BCUT2D eigenvalue weighted by atomic mass is 35.5. The van der Waals surface area contributed by atoms with Gasteiger partial charge in [0.25, 0.3) is 0 Å². The largest absolute Gasteiger partial charge is 0.370 e. The van der Waals surface area contributed by atoms with E-state index in [0.717, 1.165) is 35.7 Å². The lowest BCUT2D eigenvalue weighted by molar-refractivity contribution is 0.151. The Balaban J connectivity index is 2.04. The van der Waals surface area contributed by atoms with Crippen LogP contribution in [0.3, 0.4) is 0 Å². The normalized spacial score (nSPS) is 16.0. The third-order valence-corrected chi connectivity index (χ3v) is 3.72. The summed E-state index contributed by atoms with van der Waals surface area (Å²) < 4.78 is 0. The van der Waals surface area contributed by atoms with Gasteiger partial charge < -0.3 is 5.32 Å². The highest BCUT2D eigenvalue weighted by Gasteiger charge is 2.22. The van der Waals surface area contributed by atoms with Crippen molar-refractivity contribution in [2.45, 2.75) is 38.8 Å². The number of aromatic nitrogens is 1. The molecule has 0 aliphatic heterocycles. The fraction of sp³-hybridized carbons (Fsp3) is 0.615. The molecular weight excluding hydrogens is 234 g/mol. The summed E-state index contributed by atoms with van der Waals surface area (Å²) in [6.07, 6.45) is 3.97. The van der Waals surface area contributed by atoms with E-state index in [1.165, 1.54) is 19.3 Å². The standard InChI is InChI=1S/C13H20ClN3/c1-3-15-13-8-7-11(14)12(16-13)9-17(2)10-5-4-6-10/h7-8,10H,3-6,9H2,1-2H3,(H,15,16). The van der Waals surface area contributed by atoms with Gasteiger partial charge in [0.05, 0.1) is 10.7 Å². The molecule has 4 heteroatoms. The predicted molar refractivity (Wildman–Crippen MR) is 72.5 cm³/mol. The fourth-order valence-corrected chi connectivity index (χ4v) is 2.23. The summed E-state index contributed by atoms with van der Waals surface area (Å²) in [6.45, 7) is 3.78. The van der Waals surface area contributed by atoms with Crippen LogP contribution in [-0.4, -0.2) is 29.5 Å². The zero-order chi connectivity index (χ0) is 12.3. The van der Waals surface area contributed by atoms with Crippen molar-refractivity contribution in [3.8, 4) is 0 Å². The minimum Gasteiger partial charge on any atom is -0.370 e. The molecule has 0 unspecified atom stereocenters. The zero-order valence-corrected chi connectivity index (χ0v) is 11.3. The van der Waals surface area contributed by atoms with Gasteiger partial charge in [-0.25, -0.2) is 4.98 Å². The van der Waals surface area contributed by atoms with Crippen LogP contribution < -0.4 is 5.32 Å². The van der Waals surface area contributed by atoms with Crippen molar-refractivity contribution in [3.05, 3.63) is 22.8 Å². The maximum atomic E-state index is 6.19. The average Bonchev–Trinajstić information content (AvgIpc) is 2.21. The predicted octanol–water partition coefficient (Wildman–Crippen LogP) is 3.15. The van der Waals surface area contributed by atoms with Crippen LogP contribution in [-0.2, 0) is 6.54 Å². The first-order valence-corrected chi connectivity index (χ1v) is 6.68.